The number of unbranched alkanes of at least 4 members (excludes halogenated alkanes) is 2. The third-order valence-electron chi connectivity index (χ3n) is 11.9. The number of benzene rings is 3. The Labute approximate surface area is 384 Å². The molecule has 2 saturated heterocycles. The fourth-order valence-electron chi connectivity index (χ4n) is 8.46. The molecule has 3 aliphatic heterocycles. The third kappa shape index (κ3) is 10.7. The molecule has 4 amide bonds. The zero-order valence-corrected chi connectivity index (χ0v) is 39.3. The summed E-state index contributed by atoms with van der Waals surface area (Å²) in [6.45, 7) is 11.0. The lowest BCUT2D eigenvalue weighted by atomic mass is 9.86. The van der Waals surface area contributed by atoms with Crippen molar-refractivity contribution in [1.82, 2.24) is 25.1 Å². The van der Waals surface area contributed by atoms with Crippen LogP contribution in [0.1, 0.15) is 112 Å². The topological polar surface area (TPSA) is 180 Å². The molecule has 3 aliphatic rings. The highest BCUT2D eigenvalue weighted by atomic mass is 35.5. The summed E-state index contributed by atoms with van der Waals surface area (Å²) in [5, 5.41) is 8.38. The molecular weight excluding hydrogens is 874 g/mol. The molecule has 1 aromatic heterocycles. The van der Waals surface area contributed by atoms with Crippen molar-refractivity contribution in [3.05, 3.63) is 88.1 Å². The molecule has 1 unspecified atom stereocenters. The summed E-state index contributed by atoms with van der Waals surface area (Å²) in [5.74, 6) is 1.55. The van der Waals surface area contributed by atoms with Gasteiger partial charge in [-0.05, 0) is 131 Å². The van der Waals surface area contributed by atoms with Gasteiger partial charge in [-0.3, -0.25) is 24.5 Å². The van der Waals surface area contributed by atoms with E-state index < -0.39 is 27.0 Å². The monoisotopic (exact) mass is 929 g/mol. The second kappa shape index (κ2) is 20.3. The van der Waals surface area contributed by atoms with Crippen LogP contribution in [-0.4, -0.2) is 88.1 Å². The minimum absolute atomic E-state index is 0.112. The molecule has 0 spiro atoms. The van der Waals surface area contributed by atoms with E-state index in [1.54, 1.807) is 60.8 Å². The quantitative estimate of drug-likeness (QED) is 0.0522. The number of likely N-dealkylation sites (tertiary alicyclic amines) is 1. The van der Waals surface area contributed by atoms with Gasteiger partial charge in [0.1, 0.15) is 16.8 Å². The zero-order chi connectivity index (χ0) is 45.7. The Morgan fingerprint density at radius 1 is 0.969 bits per heavy atom. The molecule has 0 bridgehead atoms. The number of aromatic nitrogens is 2. The van der Waals surface area contributed by atoms with Gasteiger partial charge >= 0.3 is 0 Å². The molecule has 4 aromatic rings. The third-order valence-corrected chi connectivity index (χ3v) is 15.6. The van der Waals surface area contributed by atoms with Crippen molar-refractivity contribution in [3.63, 3.8) is 0 Å². The van der Waals surface area contributed by atoms with Gasteiger partial charge in [0.25, 0.3) is 5.91 Å². The standard InChI is InChI=1S/C47H56ClN7O7S2/c1-28(2)62-39-25-33(30(5)24-37(39)51-47-49-26-35(48)44(53-47)50-36-13-8-9-15-41(36)64(60,61)29(3)4)31-19-21-54(22-20-31)43(57)16-7-6-10-23-63-40-14-11-12-32-34(40)27-55(46(32)59)38-17-18-42(56)52-45(38)58/h8-9,11-15,24-26,28-29,31,38H,6-7,10,16-23,27H2,1-5H3,(H,52,56,58)(H2,49,50,51,53). The van der Waals surface area contributed by atoms with Crippen LogP contribution in [0.25, 0.3) is 0 Å². The van der Waals surface area contributed by atoms with E-state index in [4.69, 9.17) is 16.3 Å². The van der Waals surface area contributed by atoms with Crippen molar-refractivity contribution in [2.24, 2.45) is 0 Å². The number of imide groups is 1. The van der Waals surface area contributed by atoms with Crippen LogP contribution in [-0.2, 0) is 30.8 Å². The molecule has 3 aromatic carbocycles. The Kier molecular flexibility index (Phi) is 14.9. The number of ether oxygens (including phenoxy) is 1. The number of carbonyl (C=O) groups excluding carboxylic acids is 4. The molecule has 64 heavy (non-hydrogen) atoms. The van der Waals surface area contributed by atoms with Gasteiger partial charge in [0.2, 0.25) is 23.7 Å². The van der Waals surface area contributed by atoms with Crippen LogP contribution in [0.5, 0.6) is 5.75 Å². The molecule has 1 atom stereocenters. The van der Waals surface area contributed by atoms with Crippen LogP contribution in [0, 0.1) is 6.92 Å². The maximum absolute atomic E-state index is 13.3. The van der Waals surface area contributed by atoms with Gasteiger partial charge < -0.3 is 25.2 Å². The first-order chi connectivity index (χ1) is 30.6. The van der Waals surface area contributed by atoms with Gasteiger partial charge in [0, 0.05) is 42.9 Å². The predicted octanol–water partition coefficient (Wildman–Crippen LogP) is 8.71. The van der Waals surface area contributed by atoms with E-state index in [1.165, 1.54) is 11.8 Å². The first-order valence-corrected chi connectivity index (χ1v) is 24.9. The number of fused-ring (bicyclic) bond motifs is 1. The smallest absolute Gasteiger partial charge is 0.255 e. The average Bonchev–Trinajstić information content (AvgIpc) is 3.60. The highest BCUT2D eigenvalue weighted by Crippen LogP contribution is 2.39. The zero-order valence-electron chi connectivity index (χ0n) is 36.9. The predicted molar refractivity (Wildman–Crippen MR) is 250 cm³/mol. The number of piperidine rings is 2. The Morgan fingerprint density at radius 2 is 1.73 bits per heavy atom. The molecule has 17 heteroatoms. The van der Waals surface area contributed by atoms with Crippen LogP contribution in [0.15, 0.2) is 70.6 Å². The highest BCUT2D eigenvalue weighted by molar-refractivity contribution is 7.99. The number of thioether (sulfide) groups is 1. The molecule has 3 N–H and O–H groups in total. The summed E-state index contributed by atoms with van der Waals surface area (Å²) in [7, 11) is -3.59. The molecule has 0 radical (unpaired) electrons. The van der Waals surface area contributed by atoms with Crippen molar-refractivity contribution in [1.29, 1.82) is 0 Å². The van der Waals surface area contributed by atoms with E-state index in [1.807, 2.05) is 36.9 Å². The molecule has 7 rings (SSSR count). The number of para-hydroxylation sites is 1. The first kappa shape index (κ1) is 46.8. The fraction of sp³-hybridized carbons (Fsp3) is 0.447. The van der Waals surface area contributed by atoms with Gasteiger partial charge in [-0.2, -0.15) is 4.98 Å². The van der Waals surface area contributed by atoms with Crippen LogP contribution < -0.4 is 20.7 Å². The molecule has 0 saturated carbocycles. The lowest BCUT2D eigenvalue weighted by molar-refractivity contribution is -0.137. The molecule has 14 nitrogen and oxygen atoms in total. The van der Waals surface area contributed by atoms with E-state index >= 15 is 0 Å². The van der Waals surface area contributed by atoms with Gasteiger partial charge in [0.05, 0.1) is 33.8 Å². The number of sulfone groups is 1. The van der Waals surface area contributed by atoms with Crippen molar-refractivity contribution in [2.75, 3.05) is 29.5 Å². The number of anilines is 4. The van der Waals surface area contributed by atoms with Crippen LogP contribution in [0.4, 0.5) is 23.1 Å². The number of hydrogen-bond acceptors (Lipinski definition) is 12. The minimum atomic E-state index is -3.59. The minimum Gasteiger partial charge on any atom is -0.489 e. The van der Waals surface area contributed by atoms with Crippen LogP contribution in [0.2, 0.25) is 5.02 Å². The molecule has 2 fully saturated rings. The largest absolute Gasteiger partial charge is 0.489 e. The lowest BCUT2D eigenvalue weighted by Gasteiger charge is -2.33. The number of halogens is 1. The van der Waals surface area contributed by atoms with Gasteiger partial charge in [-0.25, -0.2) is 13.4 Å². The number of nitrogens with zero attached hydrogens (tertiary/aromatic N) is 4. The summed E-state index contributed by atoms with van der Waals surface area (Å²) in [5.41, 5.74) is 4.84. The van der Waals surface area contributed by atoms with E-state index in [2.05, 4.69) is 38.9 Å². The fourth-order valence-corrected chi connectivity index (χ4v) is 10.9. The van der Waals surface area contributed by atoms with Crippen molar-refractivity contribution >= 4 is 80.0 Å². The van der Waals surface area contributed by atoms with Crippen molar-refractivity contribution in [2.45, 2.75) is 126 Å². The van der Waals surface area contributed by atoms with Crippen molar-refractivity contribution in [3.8, 4) is 5.75 Å². The summed E-state index contributed by atoms with van der Waals surface area (Å²) in [6.07, 6.45) is 6.74. The number of nitrogens with one attached hydrogen (secondary N) is 3. The maximum atomic E-state index is 13.3. The number of aryl methyl sites for hydroxylation is 1. The van der Waals surface area contributed by atoms with Gasteiger partial charge in [-0.1, -0.05) is 36.2 Å². The van der Waals surface area contributed by atoms with Crippen molar-refractivity contribution < 1.29 is 32.3 Å². The van der Waals surface area contributed by atoms with Gasteiger partial charge in [-0.15, -0.1) is 11.8 Å². The average molecular weight is 931 g/mol. The second-order valence-corrected chi connectivity index (χ2v) is 21.1. The van der Waals surface area contributed by atoms with E-state index in [0.717, 1.165) is 53.9 Å². The van der Waals surface area contributed by atoms with E-state index in [-0.39, 0.29) is 57.8 Å². The van der Waals surface area contributed by atoms with Crippen LogP contribution in [0.3, 0.4) is 0 Å². The van der Waals surface area contributed by atoms with E-state index in [9.17, 15) is 27.6 Å². The summed E-state index contributed by atoms with van der Waals surface area (Å²) >= 11 is 8.21. The molecule has 340 valence electrons. The highest BCUT2D eigenvalue weighted by Gasteiger charge is 2.40. The Bertz CT molecular complexity index is 2530. The number of carbonyl (C=O) groups is 4. The molecular formula is C47H56ClN7O7S2. The summed E-state index contributed by atoms with van der Waals surface area (Å²) < 4.78 is 32.5. The Morgan fingerprint density at radius 3 is 2.47 bits per heavy atom. The lowest BCUT2D eigenvalue weighted by Crippen LogP contribution is -2.52. The second-order valence-electron chi connectivity index (χ2n) is 17.1. The summed E-state index contributed by atoms with van der Waals surface area (Å²) in [4.78, 5) is 64.4. The SMILES string of the molecule is Cc1cc(Nc2ncc(Cl)c(Nc3ccccc3S(=O)(=O)C(C)C)n2)c(OC(C)C)cc1C1CCN(C(=O)CCCCCSc2cccc3c2CN(C2CCC(=O)NC2=O)C3=O)CC1. The first-order valence-electron chi connectivity index (χ1n) is 22.0. The number of hydrogen-bond donors (Lipinski definition) is 3. The molecule has 4 heterocycles. The maximum Gasteiger partial charge on any atom is 0.255 e. The normalized spacial score (nSPS) is 16.9. The Balaban J connectivity index is 0.902. The Hall–Kier alpha value is -5.19. The van der Waals surface area contributed by atoms with E-state index in [0.29, 0.717) is 55.2 Å². The number of rotatable bonds is 17. The number of amides is 4. The van der Waals surface area contributed by atoms with Crippen LogP contribution >= 0.6 is 23.4 Å². The van der Waals surface area contributed by atoms with Gasteiger partial charge in [0.15, 0.2) is 15.7 Å². The molecule has 0 aliphatic carbocycles. The summed E-state index contributed by atoms with van der Waals surface area (Å²) in [6, 6.07) is 15.8.